The van der Waals surface area contributed by atoms with E-state index in [9.17, 15) is 0 Å². The van der Waals surface area contributed by atoms with Gasteiger partial charge in [0.2, 0.25) is 6.54 Å². The standard InChI is InChI=1S/C11H13NO2/c1-12-8-7-9-5-4-6-10(13-2)11(9)14-3/h4-6H,7-8H2,2-3H3. The minimum Gasteiger partial charge on any atom is -0.493 e. The van der Waals surface area contributed by atoms with Crippen LogP contribution in [0.4, 0.5) is 0 Å². The van der Waals surface area contributed by atoms with Crippen LogP contribution in [0.2, 0.25) is 0 Å². The maximum atomic E-state index is 6.73. The van der Waals surface area contributed by atoms with Gasteiger partial charge in [0.05, 0.1) is 14.2 Å². The number of para-hydroxylation sites is 1. The van der Waals surface area contributed by atoms with Crippen LogP contribution in [-0.4, -0.2) is 20.8 Å². The van der Waals surface area contributed by atoms with E-state index in [4.69, 9.17) is 16.0 Å². The highest BCUT2D eigenvalue weighted by molar-refractivity contribution is 5.46. The molecule has 1 rings (SSSR count). The third-order valence-electron chi connectivity index (χ3n) is 1.98. The van der Waals surface area contributed by atoms with Gasteiger partial charge in [0.1, 0.15) is 0 Å². The summed E-state index contributed by atoms with van der Waals surface area (Å²) in [5, 5.41) is 0. The lowest BCUT2D eigenvalue weighted by molar-refractivity contribution is 0.352. The lowest BCUT2D eigenvalue weighted by Gasteiger charge is -2.10. The zero-order chi connectivity index (χ0) is 10.4. The van der Waals surface area contributed by atoms with E-state index in [2.05, 4.69) is 4.85 Å². The molecule has 14 heavy (non-hydrogen) atoms. The Hall–Kier alpha value is -1.69. The number of benzene rings is 1. The van der Waals surface area contributed by atoms with Crippen LogP contribution < -0.4 is 9.47 Å². The summed E-state index contributed by atoms with van der Waals surface area (Å²) in [4.78, 5) is 3.32. The summed E-state index contributed by atoms with van der Waals surface area (Å²) in [5.41, 5.74) is 1.02. The molecule has 1 aromatic rings. The van der Waals surface area contributed by atoms with Gasteiger partial charge in [-0.3, -0.25) is 0 Å². The van der Waals surface area contributed by atoms with Crippen LogP contribution in [0.1, 0.15) is 5.56 Å². The van der Waals surface area contributed by atoms with Crippen molar-refractivity contribution < 1.29 is 9.47 Å². The van der Waals surface area contributed by atoms with Gasteiger partial charge in [0, 0.05) is 12.0 Å². The summed E-state index contributed by atoms with van der Waals surface area (Å²) in [5.74, 6) is 1.45. The highest BCUT2D eigenvalue weighted by Gasteiger charge is 2.09. The van der Waals surface area contributed by atoms with Crippen molar-refractivity contribution in [2.24, 2.45) is 0 Å². The number of nitrogens with zero attached hydrogens (tertiary/aromatic N) is 1. The molecule has 0 saturated heterocycles. The van der Waals surface area contributed by atoms with Crippen LogP contribution in [0.15, 0.2) is 18.2 Å². The van der Waals surface area contributed by atoms with Gasteiger partial charge >= 0.3 is 0 Å². The fourth-order valence-corrected chi connectivity index (χ4v) is 1.33. The molecule has 0 aliphatic rings. The molecule has 0 amide bonds. The Morgan fingerprint density at radius 1 is 1.29 bits per heavy atom. The predicted molar refractivity (Wildman–Crippen MR) is 54.7 cm³/mol. The number of hydrogen-bond acceptors (Lipinski definition) is 2. The minimum atomic E-state index is 0.476. The van der Waals surface area contributed by atoms with Gasteiger partial charge in [0.25, 0.3) is 0 Å². The van der Waals surface area contributed by atoms with Crippen molar-refractivity contribution in [3.8, 4) is 11.5 Å². The zero-order valence-corrected chi connectivity index (χ0v) is 8.41. The average molecular weight is 191 g/mol. The van der Waals surface area contributed by atoms with Crippen molar-refractivity contribution in [1.29, 1.82) is 0 Å². The molecule has 0 radical (unpaired) electrons. The molecule has 1 aromatic carbocycles. The number of hydrogen-bond donors (Lipinski definition) is 0. The van der Waals surface area contributed by atoms with Gasteiger partial charge in [-0.15, -0.1) is 0 Å². The second-order valence-corrected chi connectivity index (χ2v) is 2.78. The summed E-state index contributed by atoms with van der Waals surface area (Å²) in [6.45, 7) is 7.21. The molecule has 3 heteroatoms. The molecule has 0 aromatic heterocycles. The van der Waals surface area contributed by atoms with Gasteiger partial charge < -0.3 is 14.3 Å². The van der Waals surface area contributed by atoms with E-state index in [1.54, 1.807) is 14.2 Å². The fraction of sp³-hybridized carbons (Fsp3) is 0.364. The summed E-state index contributed by atoms with van der Waals surface area (Å²) < 4.78 is 10.4. The van der Waals surface area contributed by atoms with Gasteiger partial charge in [-0.2, -0.15) is 0 Å². The molecular formula is C11H13NO2. The molecule has 0 spiro atoms. The molecule has 0 bridgehead atoms. The lowest BCUT2D eigenvalue weighted by atomic mass is 10.1. The average Bonchev–Trinajstić information content (AvgIpc) is 2.25. The fourth-order valence-electron chi connectivity index (χ4n) is 1.33. The molecular weight excluding hydrogens is 178 g/mol. The normalized spacial score (nSPS) is 9.21. The summed E-state index contributed by atoms with van der Waals surface area (Å²) in [6, 6.07) is 5.70. The predicted octanol–water partition coefficient (Wildman–Crippen LogP) is 2.17. The largest absolute Gasteiger partial charge is 0.493 e. The summed E-state index contributed by atoms with van der Waals surface area (Å²) in [6.07, 6.45) is 0.698. The van der Waals surface area contributed by atoms with Crippen LogP contribution in [0.3, 0.4) is 0 Å². The van der Waals surface area contributed by atoms with Gasteiger partial charge in [-0.05, 0) is 6.07 Å². The smallest absolute Gasteiger partial charge is 0.218 e. The van der Waals surface area contributed by atoms with Crippen molar-refractivity contribution in [2.45, 2.75) is 6.42 Å². The first kappa shape index (κ1) is 10.4. The van der Waals surface area contributed by atoms with Crippen LogP contribution in [-0.2, 0) is 6.42 Å². The molecule has 0 fully saturated rings. The Kier molecular flexibility index (Phi) is 3.81. The first-order valence-corrected chi connectivity index (χ1v) is 4.36. The molecule has 0 unspecified atom stereocenters. The van der Waals surface area contributed by atoms with Crippen LogP contribution in [0.5, 0.6) is 11.5 Å². The molecule has 0 aliphatic heterocycles. The van der Waals surface area contributed by atoms with E-state index in [0.29, 0.717) is 13.0 Å². The van der Waals surface area contributed by atoms with E-state index >= 15 is 0 Å². The molecule has 0 aliphatic carbocycles. The summed E-state index contributed by atoms with van der Waals surface area (Å²) >= 11 is 0. The van der Waals surface area contributed by atoms with Gasteiger partial charge in [-0.25, -0.2) is 6.57 Å². The Morgan fingerprint density at radius 2 is 2.07 bits per heavy atom. The lowest BCUT2D eigenvalue weighted by Crippen LogP contribution is -1.97. The zero-order valence-electron chi connectivity index (χ0n) is 8.41. The van der Waals surface area contributed by atoms with Gasteiger partial charge in [0.15, 0.2) is 11.5 Å². The Bertz CT molecular complexity index is 342. The van der Waals surface area contributed by atoms with Crippen LogP contribution >= 0.6 is 0 Å². The van der Waals surface area contributed by atoms with E-state index in [-0.39, 0.29) is 0 Å². The molecule has 3 nitrogen and oxygen atoms in total. The second-order valence-electron chi connectivity index (χ2n) is 2.78. The van der Waals surface area contributed by atoms with E-state index in [1.807, 2.05) is 18.2 Å². The SMILES string of the molecule is [C-]#[N+]CCc1cccc(OC)c1OC. The molecule has 74 valence electrons. The summed E-state index contributed by atoms with van der Waals surface area (Å²) in [7, 11) is 3.22. The topological polar surface area (TPSA) is 22.8 Å². The second kappa shape index (κ2) is 5.13. The Morgan fingerprint density at radius 3 is 2.64 bits per heavy atom. The first-order valence-electron chi connectivity index (χ1n) is 4.36. The third-order valence-corrected chi connectivity index (χ3v) is 1.98. The van der Waals surface area contributed by atoms with Crippen LogP contribution in [0.25, 0.3) is 4.85 Å². The maximum Gasteiger partial charge on any atom is 0.218 e. The van der Waals surface area contributed by atoms with E-state index in [0.717, 1.165) is 17.1 Å². The molecule has 0 atom stereocenters. The van der Waals surface area contributed by atoms with Crippen molar-refractivity contribution in [2.75, 3.05) is 20.8 Å². The molecule has 0 saturated carbocycles. The highest BCUT2D eigenvalue weighted by atomic mass is 16.5. The van der Waals surface area contributed by atoms with Crippen molar-refractivity contribution in [3.05, 3.63) is 35.2 Å². The van der Waals surface area contributed by atoms with Crippen molar-refractivity contribution in [1.82, 2.24) is 0 Å². The number of ether oxygens (including phenoxy) is 2. The molecule has 0 heterocycles. The van der Waals surface area contributed by atoms with E-state index in [1.165, 1.54) is 0 Å². The first-order chi connectivity index (χ1) is 6.83. The van der Waals surface area contributed by atoms with Crippen molar-refractivity contribution >= 4 is 0 Å². The quantitative estimate of drug-likeness (QED) is 0.681. The monoisotopic (exact) mass is 191 g/mol. The maximum absolute atomic E-state index is 6.73. The third kappa shape index (κ3) is 2.17. The Balaban J connectivity index is 2.97. The van der Waals surface area contributed by atoms with Gasteiger partial charge in [-0.1, -0.05) is 12.1 Å². The highest BCUT2D eigenvalue weighted by Crippen LogP contribution is 2.30. The Labute approximate surface area is 84.1 Å². The van der Waals surface area contributed by atoms with E-state index < -0.39 is 0 Å². The van der Waals surface area contributed by atoms with Crippen LogP contribution in [0, 0.1) is 6.57 Å². The molecule has 0 N–H and O–H groups in total. The number of methoxy groups -OCH3 is 2. The minimum absolute atomic E-state index is 0.476. The van der Waals surface area contributed by atoms with Crippen molar-refractivity contribution in [3.63, 3.8) is 0 Å². The number of rotatable bonds is 4.